The molecule has 1 atom stereocenters. The second-order valence-electron chi connectivity index (χ2n) is 3.40. The van der Waals surface area contributed by atoms with Crippen LogP contribution in [0, 0.1) is 0 Å². The number of rotatable bonds is 8. The molecular weight excluding hydrogens is 198 g/mol. The van der Waals surface area contributed by atoms with E-state index in [9.17, 15) is 9.59 Å². The van der Waals surface area contributed by atoms with E-state index in [0.717, 1.165) is 12.8 Å². The predicted molar refractivity (Wildman–Crippen MR) is 55.6 cm³/mol. The Bertz CT molecular complexity index is 206. The number of carboxylic acids is 1. The fraction of sp³-hybridized carbons (Fsp3) is 0.800. The van der Waals surface area contributed by atoms with Gasteiger partial charge in [0, 0.05) is 6.42 Å². The second kappa shape index (κ2) is 8.23. The average molecular weight is 217 g/mol. The van der Waals surface area contributed by atoms with Crippen molar-refractivity contribution >= 4 is 11.9 Å². The number of carbonyl (C=O) groups excluding carboxylic acids is 1. The average Bonchev–Trinajstić information content (AvgIpc) is 2.21. The van der Waals surface area contributed by atoms with Gasteiger partial charge >= 0.3 is 11.9 Å². The van der Waals surface area contributed by atoms with Crippen molar-refractivity contribution in [2.45, 2.75) is 38.6 Å². The molecule has 5 heteroatoms. The number of carboxylic acid groups (broad SMARTS) is 1. The molecule has 0 saturated carbocycles. The topological polar surface area (TPSA) is 75.6 Å². The van der Waals surface area contributed by atoms with Crippen LogP contribution >= 0.6 is 0 Å². The predicted octanol–water partition coefficient (Wildman–Crippen LogP) is 0.782. The molecule has 0 rings (SSSR count). The number of carbonyl (C=O) groups is 2. The van der Waals surface area contributed by atoms with E-state index in [2.05, 4.69) is 10.1 Å². The monoisotopic (exact) mass is 217 g/mol. The molecule has 1 unspecified atom stereocenters. The van der Waals surface area contributed by atoms with E-state index in [1.54, 1.807) is 6.92 Å². The van der Waals surface area contributed by atoms with Gasteiger partial charge in [-0.05, 0) is 26.3 Å². The van der Waals surface area contributed by atoms with E-state index in [1.807, 2.05) is 0 Å². The minimum absolute atomic E-state index is 0.215. The van der Waals surface area contributed by atoms with Crippen LogP contribution in [-0.2, 0) is 14.3 Å². The molecule has 0 bridgehead atoms. The van der Waals surface area contributed by atoms with Gasteiger partial charge in [0.1, 0.15) is 6.04 Å². The van der Waals surface area contributed by atoms with Crippen LogP contribution in [0.2, 0.25) is 0 Å². The third kappa shape index (κ3) is 7.93. The van der Waals surface area contributed by atoms with Crippen LogP contribution < -0.4 is 5.32 Å². The van der Waals surface area contributed by atoms with Crippen molar-refractivity contribution in [1.82, 2.24) is 5.32 Å². The number of ether oxygens (including phenoxy) is 1. The fourth-order valence-corrected chi connectivity index (χ4v) is 1.16. The maximum atomic E-state index is 11.0. The number of aliphatic carboxylic acids is 1. The highest BCUT2D eigenvalue weighted by Gasteiger charge is 2.10. The summed E-state index contributed by atoms with van der Waals surface area (Å²) in [4.78, 5) is 21.2. The van der Waals surface area contributed by atoms with E-state index in [1.165, 1.54) is 7.11 Å². The summed E-state index contributed by atoms with van der Waals surface area (Å²) >= 11 is 0. The van der Waals surface area contributed by atoms with Gasteiger partial charge in [-0.15, -0.1) is 0 Å². The smallest absolute Gasteiger partial charge is 0.322 e. The summed E-state index contributed by atoms with van der Waals surface area (Å²) in [5.74, 6) is -1.04. The van der Waals surface area contributed by atoms with E-state index in [0.29, 0.717) is 13.0 Å². The van der Waals surface area contributed by atoms with Crippen molar-refractivity contribution in [2.24, 2.45) is 0 Å². The van der Waals surface area contributed by atoms with Crippen LogP contribution in [0.3, 0.4) is 0 Å². The number of esters is 1. The maximum absolute atomic E-state index is 11.0. The van der Waals surface area contributed by atoms with Crippen LogP contribution in [0.5, 0.6) is 0 Å². The van der Waals surface area contributed by atoms with Gasteiger partial charge in [-0.3, -0.25) is 9.59 Å². The van der Waals surface area contributed by atoms with Crippen LogP contribution in [0.1, 0.15) is 32.6 Å². The Kier molecular flexibility index (Phi) is 7.62. The van der Waals surface area contributed by atoms with Gasteiger partial charge in [-0.1, -0.05) is 6.42 Å². The molecule has 0 radical (unpaired) electrons. The standard InChI is InChI=1S/C10H19NO4/c1-8(10(14)15-2)11-7-5-3-4-6-9(12)13/h8,11H,3-7H2,1-2H3,(H,12,13). The van der Waals surface area contributed by atoms with Gasteiger partial charge in [0.2, 0.25) is 0 Å². The first-order valence-electron chi connectivity index (χ1n) is 5.11. The van der Waals surface area contributed by atoms with Crippen molar-refractivity contribution in [2.75, 3.05) is 13.7 Å². The lowest BCUT2D eigenvalue weighted by molar-refractivity contribution is -0.142. The molecule has 0 heterocycles. The molecule has 0 spiro atoms. The first-order chi connectivity index (χ1) is 7.07. The Morgan fingerprint density at radius 3 is 2.53 bits per heavy atom. The van der Waals surface area contributed by atoms with Crippen molar-refractivity contribution in [3.05, 3.63) is 0 Å². The summed E-state index contributed by atoms with van der Waals surface area (Å²) in [6.45, 7) is 2.44. The lowest BCUT2D eigenvalue weighted by Crippen LogP contribution is -2.35. The number of hydrogen-bond donors (Lipinski definition) is 2. The van der Waals surface area contributed by atoms with Gasteiger partial charge < -0.3 is 15.2 Å². The number of unbranched alkanes of at least 4 members (excludes halogenated alkanes) is 2. The molecular formula is C10H19NO4. The molecule has 0 fully saturated rings. The summed E-state index contributed by atoms with van der Waals surface area (Å²) in [5.41, 5.74) is 0. The molecule has 0 aromatic rings. The SMILES string of the molecule is COC(=O)C(C)NCCCCCC(=O)O. The van der Waals surface area contributed by atoms with Crippen LogP contribution in [-0.4, -0.2) is 36.7 Å². The highest BCUT2D eigenvalue weighted by Crippen LogP contribution is 1.99. The zero-order chi connectivity index (χ0) is 11.7. The lowest BCUT2D eigenvalue weighted by atomic mass is 10.2. The van der Waals surface area contributed by atoms with Crippen molar-refractivity contribution in [3.8, 4) is 0 Å². The molecule has 0 aromatic carbocycles. The third-order valence-electron chi connectivity index (χ3n) is 2.07. The van der Waals surface area contributed by atoms with E-state index in [4.69, 9.17) is 5.11 Å². The van der Waals surface area contributed by atoms with E-state index < -0.39 is 5.97 Å². The third-order valence-corrected chi connectivity index (χ3v) is 2.07. The second-order valence-corrected chi connectivity index (χ2v) is 3.40. The zero-order valence-corrected chi connectivity index (χ0v) is 9.28. The molecule has 2 N–H and O–H groups in total. The van der Waals surface area contributed by atoms with Crippen molar-refractivity contribution < 1.29 is 19.4 Å². The zero-order valence-electron chi connectivity index (χ0n) is 9.28. The summed E-state index contributed by atoms with van der Waals surface area (Å²) in [6, 6.07) is -0.297. The quantitative estimate of drug-likeness (QED) is 0.464. The van der Waals surface area contributed by atoms with Crippen LogP contribution in [0.15, 0.2) is 0 Å². The molecule has 0 saturated heterocycles. The highest BCUT2D eigenvalue weighted by atomic mass is 16.5. The Labute approximate surface area is 89.8 Å². The Balaban J connectivity index is 3.31. The molecule has 0 amide bonds. The maximum Gasteiger partial charge on any atom is 0.322 e. The minimum Gasteiger partial charge on any atom is -0.481 e. The van der Waals surface area contributed by atoms with Crippen molar-refractivity contribution in [1.29, 1.82) is 0 Å². The highest BCUT2D eigenvalue weighted by molar-refractivity contribution is 5.75. The molecule has 0 aliphatic carbocycles. The summed E-state index contributed by atoms with van der Waals surface area (Å²) in [6.07, 6.45) is 2.62. The minimum atomic E-state index is -0.758. The lowest BCUT2D eigenvalue weighted by Gasteiger charge is -2.10. The van der Waals surface area contributed by atoms with Gasteiger partial charge in [0.15, 0.2) is 0 Å². The molecule has 88 valence electrons. The fourth-order valence-electron chi connectivity index (χ4n) is 1.16. The van der Waals surface area contributed by atoms with Crippen LogP contribution in [0.25, 0.3) is 0 Å². The normalized spacial score (nSPS) is 12.1. The Morgan fingerprint density at radius 2 is 2.00 bits per heavy atom. The molecule has 0 aliphatic heterocycles. The molecule has 0 aromatic heterocycles. The molecule has 5 nitrogen and oxygen atoms in total. The molecule has 0 aliphatic rings. The summed E-state index contributed by atoms with van der Waals surface area (Å²) in [5, 5.41) is 11.4. The Hall–Kier alpha value is -1.10. The van der Waals surface area contributed by atoms with Gasteiger partial charge in [-0.25, -0.2) is 0 Å². The first kappa shape index (κ1) is 13.9. The largest absolute Gasteiger partial charge is 0.481 e. The van der Waals surface area contributed by atoms with Crippen LogP contribution in [0.4, 0.5) is 0 Å². The summed E-state index contributed by atoms with van der Waals surface area (Å²) < 4.78 is 4.54. The number of hydrogen-bond acceptors (Lipinski definition) is 4. The number of nitrogens with one attached hydrogen (secondary N) is 1. The van der Waals surface area contributed by atoms with Gasteiger partial charge in [-0.2, -0.15) is 0 Å². The van der Waals surface area contributed by atoms with Gasteiger partial charge in [0.25, 0.3) is 0 Å². The summed E-state index contributed by atoms with van der Waals surface area (Å²) in [7, 11) is 1.35. The first-order valence-corrected chi connectivity index (χ1v) is 5.11. The van der Waals surface area contributed by atoms with Crippen molar-refractivity contribution in [3.63, 3.8) is 0 Å². The Morgan fingerprint density at radius 1 is 1.33 bits per heavy atom. The van der Waals surface area contributed by atoms with Gasteiger partial charge in [0.05, 0.1) is 7.11 Å². The molecule has 15 heavy (non-hydrogen) atoms. The number of methoxy groups -OCH3 is 1. The van der Waals surface area contributed by atoms with E-state index >= 15 is 0 Å². The van der Waals surface area contributed by atoms with E-state index in [-0.39, 0.29) is 18.4 Å².